The highest BCUT2D eigenvalue weighted by Crippen LogP contribution is 2.36. The standard InChI is InChI=1S/C24H24FNO3/c1-15-21(23(28)29-5)18(14-16-10-12-17(13-11-16)24(2,3)4)22(27)26(15)20-9-7-6-8-19(20)25/h6-14H,1-5H3/b18-14-. The Kier molecular flexibility index (Phi) is 5.42. The minimum Gasteiger partial charge on any atom is -0.465 e. The Balaban J connectivity index is 2.10. The van der Waals surface area contributed by atoms with Crippen LogP contribution < -0.4 is 4.90 Å². The van der Waals surface area contributed by atoms with E-state index in [0.29, 0.717) is 5.70 Å². The normalized spacial score (nSPS) is 16.0. The number of hydrogen-bond donors (Lipinski definition) is 0. The minimum atomic E-state index is -0.632. The Bertz CT molecular complexity index is 1030. The Labute approximate surface area is 170 Å². The van der Waals surface area contributed by atoms with Crippen LogP contribution >= 0.6 is 0 Å². The van der Waals surface area contributed by atoms with E-state index < -0.39 is 17.7 Å². The molecule has 150 valence electrons. The highest BCUT2D eigenvalue weighted by Gasteiger charge is 2.38. The molecule has 0 aliphatic carbocycles. The summed E-state index contributed by atoms with van der Waals surface area (Å²) in [5.74, 6) is -1.64. The topological polar surface area (TPSA) is 46.6 Å². The summed E-state index contributed by atoms with van der Waals surface area (Å²) in [6, 6.07) is 13.8. The monoisotopic (exact) mass is 393 g/mol. The van der Waals surface area contributed by atoms with Crippen molar-refractivity contribution in [3.63, 3.8) is 0 Å². The SMILES string of the molecule is COC(=O)C1=C(C)N(c2ccccc2F)C(=O)/C1=C\c1ccc(C(C)(C)C)cc1. The molecule has 0 atom stereocenters. The highest BCUT2D eigenvalue weighted by atomic mass is 19.1. The molecule has 1 heterocycles. The van der Waals surface area contributed by atoms with Crippen molar-refractivity contribution < 1.29 is 18.7 Å². The second-order valence-electron chi connectivity index (χ2n) is 7.97. The molecule has 0 fully saturated rings. The number of carbonyl (C=O) groups excluding carboxylic acids is 2. The van der Waals surface area contributed by atoms with Gasteiger partial charge in [-0.25, -0.2) is 9.18 Å². The summed E-state index contributed by atoms with van der Waals surface area (Å²) in [5, 5.41) is 0. The molecule has 1 aliphatic rings. The molecule has 4 nitrogen and oxygen atoms in total. The maximum atomic E-state index is 14.4. The van der Waals surface area contributed by atoms with Gasteiger partial charge < -0.3 is 4.74 Å². The van der Waals surface area contributed by atoms with Gasteiger partial charge in [0, 0.05) is 5.70 Å². The number of allylic oxidation sites excluding steroid dienone is 1. The van der Waals surface area contributed by atoms with E-state index in [4.69, 9.17) is 4.74 Å². The number of carbonyl (C=O) groups is 2. The first kappa shape index (κ1) is 20.5. The Morgan fingerprint density at radius 2 is 1.69 bits per heavy atom. The molecule has 2 aromatic rings. The van der Waals surface area contributed by atoms with E-state index >= 15 is 0 Å². The van der Waals surface area contributed by atoms with Crippen LogP contribution in [0.3, 0.4) is 0 Å². The Hall–Kier alpha value is -3.21. The van der Waals surface area contributed by atoms with Gasteiger partial charge in [0.25, 0.3) is 5.91 Å². The molecule has 0 bridgehead atoms. The van der Waals surface area contributed by atoms with Gasteiger partial charge in [-0.2, -0.15) is 0 Å². The third-order valence-electron chi connectivity index (χ3n) is 4.97. The van der Waals surface area contributed by atoms with Gasteiger partial charge >= 0.3 is 5.97 Å². The average Bonchev–Trinajstić information content (AvgIpc) is 2.91. The Morgan fingerprint density at radius 3 is 2.24 bits per heavy atom. The summed E-state index contributed by atoms with van der Waals surface area (Å²) in [6.07, 6.45) is 1.64. The van der Waals surface area contributed by atoms with Crippen molar-refractivity contribution in [2.45, 2.75) is 33.1 Å². The fourth-order valence-electron chi connectivity index (χ4n) is 3.35. The van der Waals surface area contributed by atoms with Crippen LogP contribution in [0.1, 0.15) is 38.8 Å². The lowest BCUT2D eigenvalue weighted by Gasteiger charge is -2.19. The van der Waals surface area contributed by atoms with E-state index in [2.05, 4.69) is 20.8 Å². The van der Waals surface area contributed by atoms with Gasteiger partial charge in [0.2, 0.25) is 0 Å². The predicted octanol–water partition coefficient (Wildman–Crippen LogP) is 5.00. The fourth-order valence-corrected chi connectivity index (χ4v) is 3.35. The molecule has 3 rings (SSSR count). The van der Waals surface area contributed by atoms with Crippen LogP contribution in [0, 0.1) is 5.82 Å². The van der Waals surface area contributed by atoms with Gasteiger partial charge in [0.15, 0.2) is 0 Å². The van der Waals surface area contributed by atoms with E-state index in [1.807, 2.05) is 24.3 Å². The molecule has 0 N–H and O–H groups in total. The molecule has 0 unspecified atom stereocenters. The first-order chi connectivity index (χ1) is 13.6. The van der Waals surface area contributed by atoms with Crippen molar-refractivity contribution >= 4 is 23.6 Å². The van der Waals surface area contributed by atoms with Crippen LogP contribution in [0.4, 0.5) is 10.1 Å². The lowest BCUT2D eigenvalue weighted by atomic mass is 9.86. The first-order valence-corrected chi connectivity index (χ1v) is 9.36. The van der Waals surface area contributed by atoms with Crippen molar-refractivity contribution in [2.24, 2.45) is 0 Å². The molecule has 0 saturated heterocycles. The van der Waals surface area contributed by atoms with Crippen LogP contribution in [0.15, 0.2) is 65.4 Å². The molecule has 0 radical (unpaired) electrons. The van der Waals surface area contributed by atoms with Crippen LogP contribution in [0.25, 0.3) is 6.08 Å². The molecular weight excluding hydrogens is 369 g/mol. The number of benzene rings is 2. The molecule has 0 saturated carbocycles. The quantitative estimate of drug-likeness (QED) is 0.545. The summed E-state index contributed by atoms with van der Waals surface area (Å²) in [4.78, 5) is 26.8. The predicted molar refractivity (Wildman–Crippen MR) is 112 cm³/mol. The lowest BCUT2D eigenvalue weighted by molar-refractivity contribution is -0.136. The molecule has 1 aliphatic heterocycles. The van der Waals surface area contributed by atoms with Crippen molar-refractivity contribution in [3.05, 3.63) is 82.3 Å². The second-order valence-corrected chi connectivity index (χ2v) is 7.97. The van der Waals surface area contributed by atoms with Gasteiger partial charge in [-0.3, -0.25) is 9.69 Å². The van der Waals surface area contributed by atoms with Gasteiger partial charge in [-0.05, 0) is 41.7 Å². The van der Waals surface area contributed by atoms with E-state index in [1.54, 1.807) is 25.1 Å². The molecule has 1 amide bonds. The number of methoxy groups -OCH3 is 1. The third-order valence-corrected chi connectivity index (χ3v) is 4.97. The molecule has 0 aromatic heterocycles. The van der Waals surface area contributed by atoms with Crippen molar-refractivity contribution in [1.82, 2.24) is 0 Å². The summed E-state index contributed by atoms with van der Waals surface area (Å²) in [7, 11) is 1.26. The van der Waals surface area contributed by atoms with Gasteiger partial charge in [-0.15, -0.1) is 0 Å². The van der Waals surface area contributed by atoms with E-state index in [-0.39, 0.29) is 22.2 Å². The smallest absolute Gasteiger partial charge is 0.340 e. The number of para-hydroxylation sites is 1. The fraction of sp³-hybridized carbons (Fsp3) is 0.250. The Morgan fingerprint density at radius 1 is 1.07 bits per heavy atom. The van der Waals surface area contributed by atoms with Crippen LogP contribution in [-0.4, -0.2) is 19.0 Å². The number of halogens is 1. The van der Waals surface area contributed by atoms with Gasteiger partial charge in [0.05, 0.1) is 23.9 Å². The largest absolute Gasteiger partial charge is 0.465 e. The zero-order valence-electron chi connectivity index (χ0n) is 17.2. The van der Waals surface area contributed by atoms with E-state index in [9.17, 15) is 14.0 Å². The van der Waals surface area contributed by atoms with Crippen molar-refractivity contribution in [1.29, 1.82) is 0 Å². The summed E-state index contributed by atoms with van der Waals surface area (Å²) >= 11 is 0. The maximum absolute atomic E-state index is 14.4. The van der Waals surface area contributed by atoms with E-state index in [1.165, 1.54) is 24.1 Å². The second kappa shape index (κ2) is 7.66. The van der Waals surface area contributed by atoms with Gasteiger partial charge in [-0.1, -0.05) is 57.2 Å². The number of esters is 1. The molecule has 29 heavy (non-hydrogen) atoms. The molecule has 0 spiro atoms. The number of hydrogen-bond acceptors (Lipinski definition) is 3. The summed E-state index contributed by atoms with van der Waals surface area (Å²) < 4.78 is 19.2. The summed E-state index contributed by atoms with van der Waals surface area (Å²) in [6.45, 7) is 7.97. The van der Waals surface area contributed by atoms with Crippen LogP contribution in [0.5, 0.6) is 0 Å². The van der Waals surface area contributed by atoms with E-state index in [0.717, 1.165) is 11.1 Å². The number of amides is 1. The minimum absolute atomic E-state index is 0.00412. The molecule has 2 aromatic carbocycles. The zero-order chi connectivity index (χ0) is 21.3. The van der Waals surface area contributed by atoms with Crippen LogP contribution in [-0.2, 0) is 19.7 Å². The zero-order valence-corrected chi connectivity index (χ0v) is 17.2. The number of rotatable bonds is 3. The molecule has 5 heteroatoms. The maximum Gasteiger partial charge on any atom is 0.340 e. The number of ether oxygens (including phenoxy) is 1. The van der Waals surface area contributed by atoms with Gasteiger partial charge in [0.1, 0.15) is 5.82 Å². The highest BCUT2D eigenvalue weighted by molar-refractivity contribution is 6.23. The third kappa shape index (κ3) is 3.86. The van der Waals surface area contributed by atoms with Crippen molar-refractivity contribution in [3.8, 4) is 0 Å². The number of nitrogens with zero attached hydrogens (tertiary/aromatic N) is 1. The van der Waals surface area contributed by atoms with Crippen LogP contribution in [0.2, 0.25) is 0 Å². The average molecular weight is 393 g/mol. The summed E-state index contributed by atoms with van der Waals surface area (Å²) in [5.41, 5.74) is 2.69. The molecular formula is C24H24FNO3. The van der Waals surface area contributed by atoms with Crippen molar-refractivity contribution in [2.75, 3.05) is 12.0 Å². The lowest BCUT2D eigenvalue weighted by Crippen LogP contribution is -2.25. The number of anilines is 1. The first-order valence-electron chi connectivity index (χ1n) is 9.36.